The zero-order valence-corrected chi connectivity index (χ0v) is 20.9. The number of halogens is 3. The predicted octanol–water partition coefficient (Wildman–Crippen LogP) is 2.54. The summed E-state index contributed by atoms with van der Waals surface area (Å²) >= 11 is 0. The van der Waals surface area contributed by atoms with Crippen molar-refractivity contribution in [2.24, 2.45) is 5.73 Å². The predicted molar refractivity (Wildman–Crippen MR) is 134 cm³/mol. The maximum Gasteiger partial charge on any atom is 0.417 e. The summed E-state index contributed by atoms with van der Waals surface area (Å²) in [7, 11) is -2.30. The first kappa shape index (κ1) is 27.3. The monoisotopic (exact) mass is 550 g/mol. The summed E-state index contributed by atoms with van der Waals surface area (Å²) in [4.78, 5) is 19.4. The first-order valence-electron chi connectivity index (χ1n) is 11.5. The number of rotatable bonds is 7. The molecule has 0 spiro atoms. The minimum atomic E-state index is -4.51. The Hall–Kier alpha value is -3.75. The first-order chi connectivity index (χ1) is 17.9. The number of sulfonamides is 1. The Bertz CT molecular complexity index is 1420. The van der Waals surface area contributed by atoms with Gasteiger partial charge in [-0.2, -0.15) is 17.5 Å². The molecule has 0 saturated carbocycles. The second kappa shape index (κ2) is 10.6. The minimum Gasteiger partial charge on any atom is -0.390 e. The molecule has 202 valence electrons. The third kappa shape index (κ3) is 5.87. The normalized spacial score (nSPS) is 18.7. The highest BCUT2D eigenvalue weighted by molar-refractivity contribution is 7.89. The second-order valence-electron chi connectivity index (χ2n) is 8.66. The van der Waals surface area contributed by atoms with Crippen molar-refractivity contribution >= 4 is 27.6 Å². The van der Waals surface area contributed by atoms with Gasteiger partial charge < -0.3 is 21.5 Å². The van der Waals surface area contributed by atoms with Crippen LogP contribution in [0.15, 0.2) is 59.6 Å². The smallest absolute Gasteiger partial charge is 0.390 e. The van der Waals surface area contributed by atoms with Crippen molar-refractivity contribution in [3.05, 3.63) is 66.0 Å². The largest absolute Gasteiger partial charge is 0.417 e. The second-order valence-corrected chi connectivity index (χ2v) is 10.6. The number of hydrogen-bond donors (Lipinski definition) is 4. The summed E-state index contributed by atoms with van der Waals surface area (Å²) in [6.07, 6.45) is -4.73. The zero-order chi connectivity index (χ0) is 27.7. The third-order valence-electron chi connectivity index (χ3n) is 6.13. The fourth-order valence-corrected chi connectivity index (χ4v) is 5.52. The van der Waals surface area contributed by atoms with Crippen LogP contribution in [0.1, 0.15) is 22.5 Å². The number of benzene rings is 1. The Morgan fingerprint density at radius 1 is 1.11 bits per heavy atom. The van der Waals surface area contributed by atoms with Gasteiger partial charge in [0.25, 0.3) is 5.91 Å². The van der Waals surface area contributed by atoms with Gasteiger partial charge in [-0.15, -0.1) is 0 Å². The number of amides is 1. The summed E-state index contributed by atoms with van der Waals surface area (Å²) in [5.41, 5.74) is 5.76. The van der Waals surface area contributed by atoms with Gasteiger partial charge in [-0.1, -0.05) is 12.1 Å². The van der Waals surface area contributed by atoms with E-state index in [0.29, 0.717) is 23.1 Å². The van der Waals surface area contributed by atoms with E-state index in [4.69, 9.17) is 5.73 Å². The van der Waals surface area contributed by atoms with Gasteiger partial charge in [-0.25, -0.2) is 18.4 Å². The number of primary amides is 1. The SMILES string of the molecule is CNc1cc(-c2ccc(S(=O)(=O)N3CC[C@@H](Nc4ccc(C(F)(F)F)cn4)[C@@H](O)C3)cc2)cc(C(N)=O)n1. The van der Waals surface area contributed by atoms with Crippen LogP contribution in [0, 0.1) is 0 Å². The van der Waals surface area contributed by atoms with Gasteiger partial charge in [0.15, 0.2) is 0 Å². The number of aliphatic hydroxyl groups excluding tert-OH is 1. The highest BCUT2D eigenvalue weighted by Gasteiger charge is 2.35. The first-order valence-corrected chi connectivity index (χ1v) is 12.9. The minimum absolute atomic E-state index is 0.0160. The molecular formula is C24H25F3N6O4S. The summed E-state index contributed by atoms with van der Waals surface area (Å²) in [6.45, 7) is -0.127. The zero-order valence-electron chi connectivity index (χ0n) is 20.1. The van der Waals surface area contributed by atoms with Crippen molar-refractivity contribution in [3.8, 4) is 11.1 Å². The number of nitrogens with zero attached hydrogens (tertiary/aromatic N) is 3. The van der Waals surface area contributed by atoms with Crippen LogP contribution >= 0.6 is 0 Å². The van der Waals surface area contributed by atoms with Crippen LogP contribution < -0.4 is 16.4 Å². The van der Waals surface area contributed by atoms with Crippen LogP contribution in [0.3, 0.4) is 0 Å². The molecule has 0 bridgehead atoms. The third-order valence-corrected chi connectivity index (χ3v) is 8.01. The summed E-state index contributed by atoms with van der Waals surface area (Å²) in [6, 6.07) is 10.7. The highest BCUT2D eigenvalue weighted by Crippen LogP contribution is 2.30. The Labute approximate surface area is 216 Å². The Balaban J connectivity index is 1.45. The van der Waals surface area contributed by atoms with Gasteiger partial charge in [0, 0.05) is 26.3 Å². The lowest BCUT2D eigenvalue weighted by molar-refractivity contribution is -0.137. The number of carbonyl (C=O) groups excluding carboxylic acids is 1. The van der Waals surface area contributed by atoms with Crippen LogP contribution in [-0.4, -0.2) is 66.0 Å². The van der Waals surface area contributed by atoms with Crippen LogP contribution in [0.25, 0.3) is 11.1 Å². The number of alkyl halides is 3. The molecule has 14 heteroatoms. The lowest BCUT2D eigenvalue weighted by atomic mass is 10.0. The number of β-amino-alcohol motifs (C(OH)–C–C–N with tert-alkyl or cyclic N) is 1. The number of aliphatic hydroxyl groups is 1. The van der Waals surface area contributed by atoms with Crippen LogP contribution in [0.5, 0.6) is 0 Å². The van der Waals surface area contributed by atoms with E-state index in [9.17, 15) is 31.5 Å². The number of nitrogens with two attached hydrogens (primary N) is 1. The van der Waals surface area contributed by atoms with Crippen molar-refractivity contribution in [1.29, 1.82) is 0 Å². The average Bonchev–Trinajstić information content (AvgIpc) is 2.89. The molecule has 0 unspecified atom stereocenters. The van der Waals surface area contributed by atoms with Gasteiger partial charge >= 0.3 is 6.18 Å². The summed E-state index contributed by atoms with van der Waals surface area (Å²) in [5, 5.41) is 16.3. The Kier molecular flexibility index (Phi) is 7.58. The molecule has 10 nitrogen and oxygen atoms in total. The molecule has 5 N–H and O–H groups in total. The van der Waals surface area contributed by atoms with Gasteiger partial charge in [-0.3, -0.25) is 4.79 Å². The topological polar surface area (TPSA) is 151 Å². The molecule has 1 aliphatic heterocycles. The molecule has 3 aromatic rings. The van der Waals surface area contributed by atoms with Crippen LogP contribution in [-0.2, 0) is 16.2 Å². The molecule has 1 fully saturated rings. The highest BCUT2D eigenvalue weighted by atomic mass is 32.2. The number of carbonyl (C=O) groups is 1. The van der Waals surface area contributed by atoms with Crippen molar-refractivity contribution in [3.63, 3.8) is 0 Å². The van der Waals surface area contributed by atoms with Crippen LogP contribution in [0.4, 0.5) is 24.8 Å². The molecule has 2 aromatic heterocycles. The molecule has 1 saturated heterocycles. The number of anilines is 2. The fraction of sp³-hybridized carbons (Fsp3) is 0.292. The lowest BCUT2D eigenvalue weighted by Crippen LogP contribution is -2.51. The van der Waals surface area contributed by atoms with Crippen molar-refractivity contribution in [1.82, 2.24) is 14.3 Å². The molecule has 1 aliphatic rings. The quantitative estimate of drug-likeness (QED) is 0.351. The summed E-state index contributed by atoms with van der Waals surface area (Å²) in [5.74, 6) is -0.135. The van der Waals surface area contributed by atoms with E-state index in [1.54, 1.807) is 25.2 Å². The van der Waals surface area contributed by atoms with Crippen molar-refractivity contribution in [2.75, 3.05) is 30.8 Å². The lowest BCUT2D eigenvalue weighted by Gasteiger charge is -2.35. The van der Waals surface area contributed by atoms with Crippen molar-refractivity contribution in [2.45, 2.75) is 29.6 Å². The number of pyridine rings is 2. The molecule has 38 heavy (non-hydrogen) atoms. The van der Waals surface area contributed by atoms with E-state index in [0.717, 1.165) is 16.4 Å². The van der Waals surface area contributed by atoms with E-state index in [2.05, 4.69) is 20.6 Å². The standard InChI is InChI=1S/C24H25F3N6O4S/c1-29-22-11-15(10-19(32-22)23(28)35)14-2-5-17(6-3-14)38(36,37)33-9-8-18(20(34)13-33)31-21-7-4-16(12-30-21)24(25,26)27/h2-7,10-12,18,20,34H,8-9,13H2,1H3,(H2,28,35)(H,29,32)(H,30,31)/t18-,20+/m1/s1. The Morgan fingerprint density at radius 2 is 1.82 bits per heavy atom. The van der Waals surface area contributed by atoms with E-state index in [1.165, 1.54) is 18.2 Å². The maximum atomic E-state index is 13.2. The number of piperidine rings is 1. The van der Waals surface area contributed by atoms with E-state index in [1.807, 2.05) is 0 Å². The van der Waals surface area contributed by atoms with E-state index >= 15 is 0 Å². The van der Waals surface area contributed by atoms with Gasteiger partial charge in [0.1, 0.15) is 17.3 Å². The van der Waals surface area contributed by atoms with Gasteiger partial charge in [0.2, 0.25) is 10.0 Å². The molecule has 1 aromatic carbocycles. The molecule has 3 heterocycles. The van der Waals surface area contributed by atoms with E-state index in [-0.39, 0.29) is 35.9 Å². The van der Waals surface area contributed by atoms with Crippen molar-refractivity contribution < 1.29 is 31.5 Å². The molecule has 4 rings (SSSR count). The molecule has 2 atom stereocenters. The molecular weight excluding hydrogens is 525 g/mol. The van der Waals surface area contributed by atoms with E-state index < -0.39 is 39.8 Å². The maximum absolute atomic E-state index is 13.2. The molecule has 0 radical (unpaired) electrons. The van der Waals surface area contributed by atoms with Gasteiger partial charge in [-0.05, 0) is 53.9 Å². The average molecular weight is 551 g/mol. The fourth-order valence-electron chi connectivity index (χ4n) is 4.05. The molecule has 1 amide bonds. The Morgan fingerprint density at radius 3 is 2.37 bits per heavy atom. The van der Waals surface area contributed by atoms with Gasteiger partial charge in [0.05, 0.1) is 22.6 Å². The number of hydrogen-bond acceptors (Lipinski definition) is 8. The van der Waals surface area contributed by atoms with Crippen LogP contribution in [0.2, 0.25) is 0 Å². The molecule has 0 aliphatic carbocycles. The number of aromatic nitrogens is 2. The summed E-state index contributed by atoms with van der Waals surface area (Å²) < 4.78 is 65.8. The number of nitrogens with one attached hydrogen (secondary N) is 2.